The highest BCUT2D eigenvalue weighted by atomic mass is 16.6. The van der Waals surface area contributed by atoms with E-state index in [1.54, 1.807) is 0 Å². The molecule has 23 heavy (non-hydrogen) atoms. The average Bonchev–Trinajstić information content (AvgIpc) is 2.89. The summed E-state index contributed by atoms with van der Waals surface area (Å²) in [5.41, 5.74) is 3.41. The number of aromatic nitrogens is 2. The Balaban J connectivity index is 2.16. The Bertz CT molecular complexity index is 824. The topological polar surface area (TPSA) is 59.6 Å². The molecule has 116 valence electrons. The fraction of sp³-hybridized carbons (Fsp3) is 0.111. The van der Waals surface area contributed by atoms with Crippen molar-refractivity contribution in [3.63, 3.8) is 0 Å². The molecule has 3 aromatic rings. The molecule has 1 N–H and O–H groups in total. The van der Waals surface area contributed by atoms with Crippen LogP contribution < -0.4 is 0 Å². The Morgan fingerprint density at radius 2 is 1.65 bits per heavy atom. The number of nitrogens with zero attached hydrogens (tertiary/aromatic N) is 3. The summed E-state index contributed by atoms with van der Waals surface area (Å²) in [5.74, 6) is 0.0355. The summed E-state index contributed by atoms with van der Waals surface area (Å²) in [7, 11) is 1.48. The van der Waals surface area contributed by atoms with E-state index >= 15 is 0 Å². The average molecular weight is 307 g/mol. The smallest absolute Gasteiger partial charge is 0.224 e. The fourth-order valence-corrected chi connectivity index (χ4v) is 2.47. The van der Waals surface area contributed by atoms with E-state index in [0.29, 0.717) is 17.0 Å². The molecule has 0 spiro atoms. The predicted molar refractivity (Wildman–Crippen MR) is 89.1 cm³/mol. The van der Waals surface area contributed by atoms with Crippen molar-refractivity contribution in [2.75, 3.05) is 7.11 Å². The van der Waals surface area contributed by atoms with E-state index in [1.165, 1.54) is 11.8 Å². The molecule has 5 nitrogen and oxygen atoms in total. The first-order valence-corrected chi connectivity index (χ1v) is 7.23. The van der Waals surface area contributed by atoms with Crippen LogP contribution in [0.4, 0.5) is 0 Å². The van der Waals surface area contributed by atoms with Gasteiger partial charge < -0.3 is 9.94 Å². The van der Waals surface area contributed by atoms with Gasteiger partial charge in [0.2, 0.25) is 5.88 Å². The van der Waals surface area contributed by atoms with Crippen molar-refractivity contribution >= 4 is 5.71 Å². The third kappa shape index (κ3) is 2.81. The zero-order chi connectivity index (χ0) is 16.2. The fourth-order valence-electron chi connectivity index (χ4n) is 2.47. The lowest BCUT2D eigenvalue weighted by molar-refractivity contribution is 0.214. The summed E-state index contributed by atoms with van der Waals surface area (Å²) in [6, 6.07) is 19.0. The molecule has 1 heterocycles. The molecule has 0 fully saturated rings. The van der Waals surface area contributed by atoms with Gasteiger partial charge in [-0.3, -0.25) is 0 Å². The number of oxime groups is 1. The Morgan fingerprint density at radius 1 is 1.04 bits per heavy atom. The number of aromatic hydroxyl groups is 1. The van der Waals surface area contributed by atoms with Crippen LogP contribution in [0.1, 0.15) is 16.8 Å². The molecule has 0 radical (unpaired) electrons. The Hall–Kier alpha value is -3.08. The third-order valence-electron chi connectivity index (χ3n) is 3.50. The molecule has 0 aliphatic rings. The van der Waals surface area contributed by atoms with Gasteiger partial charge in [-0.15, -0.1) is 0 Å². The van der Waals surface area contributed by atoms with Crippen LogP contribution in [0.25, 0.3) is 5.69 Å². The third-order valence-corrected chi connectivity index (χ3v) is 3.50. The monoisotopic (exact) mass is 307 g/mol. The standard InChI is InChI=1S/C18H17N3O2/c1-13-16(17(20-23-2)14-9-5-3-6-10-14)18(22)21(19-13)15-11-7-4-8-12-15/h3-12,22H,1-2H3. The second kappa shape index (κ2) is 6.36. The molecule has 2 aromatic carbocycles. The minimum atomic E-state index is 0.0355. The summed E-state index contributed by atoms with van der Waals surface area (Å²) in [4.78, 5) is 4.98. The van der Waals surface area contributed by atoms with Crippen LogP contribution in [-0.2, 0) is 4.84 Å². The van der Waals surface area contributed by atoms with Crippen LogP contribution in [-0.4, -0.2) is 27.7 Å². The number of aryl methyl sites for hydroxylation is 1. The van der Waals surface area contributed by atoms with E-state index in [2.05, 4.69) is 10.3 Å². The van der Waals surface area contributed by atoms with Gasteiger partial charge in [0.25, 0.3) is 0 Å². The molecule has 0 atom stereocenters. The van der Waals surface area contributed by atoms with Gasteiger partial charge in [-0.1, -0.05) is 53.7 Å². The lowest BCUT2D eigenvalue weighted by Gasteiger charge is -2.06. The number of para-hydroxylation sites is 1. The Kier molecular flexibility index (Phi) is 4.10. The molecule has 0 aliphatic heterocycles. The van der Waals surface area contributed by atoms with Crippen LogP contribution in [0.5, 0.6) is 5.88 Å². The van der Waals surface area contributed by atoms with E-state index in [1.807, 2.05) is 67.6 Å². The van der Waals surface area contributed by atoms with Crippen molar-refractivity contribution < 1.29 is 9.94 Å². The largest absolute Gasteiger partial charge is 0.493 e. The predicted octanol–water partition coefficient (Wildman–Crippen LogP) is 3.29. The van der Waals surface area contributed by atoms with Gasteiger partial charge in [-0.05, 0) is 19.1 Å². The van der Waals surface area contributed by atoms with Gasteiger partial charge >= 0.3 is 0 Å². The maximum Gasteiger partial charge on any atom is 0.224 e. The van der Waals surface area contributed by atoms with Crippen LogP contribution in [0.3, 0.4) is 0 Å². The molecule has 0 bridgehead atoms. The van der Waals surface area contributed by atoms with Gasteiger partial charge in [-0.2, -0.15) is 5.10 Å². The SMILES string of the molecule is CON=C(c1ccccc1)c1c(C)nn(-c2ccccc2)c1O. The maximum atomic E-state index is 10.7. The maximum absolute atomic E-state index is 10.7. The summed E-state index contributed by atoms with van der Waals surface area (Å²) in [6.07, 6.45) is 0. The van der Waals surface area contributed by atoms with Crippen molar-refractivity contribution in [2.24, 2.45) is 5.16 Å². The van der Waals surface area contributed by atoms with Crippen LogP contribution in [0, 0.1) is 6.92 Å². The summed E-state index contributed by atoms with van der Waals surface area (Å²) >= 11 is 0. The van der Waals surface area contributed by atoms with Gasteiger partial charge in [-0.25, -0.2) is 4.68 Å². The highest BCUT2D eigenvalue weighted by Gasteiger charge is 2.22. The second-order valence-corrected chi connectivity index (χ2v) is 5.02. The molecular weight excluding hydrogens is 290 g/mol. The van der Waals surface area contributed by atoms with Crippen molar-refractivity contribution in [3.8, 4) is 11.6 Å². The zero-order valence-corrected chi connectivity index (χ0v) is 13.0. The van der Waals surface area contributed by atoms with Crippen molar-refractivity contribution in [1.29, 1.82) is 0 Å². The molecule has 0 aliphatic carbocycles. The molecule has 5 heteroatoms. The molecule has 0 unspecified atom stereocenters. The lowest BCUT2D eigenvalue weighted by Crippen LogP contribution is -2.05. The first kappa shape index (κ1) is 14.8. The first-order valence-electron chi connectivity index (χ1n) is 7.23. The number of hydrogen-bond acceptors (Lipinski definition) is 4. The quantitative estimate of drug-likeness (QED) is 0.594. The Morgan fingerprint density at radius 3 is 2.26 bits per heavy atom. The van der Waals surface area contributed by atoms with Gasteiger partial charge in [0.1, 0.15) is 12.8 Å². The molecular formula is C18H17N3O2. The van der Waals surface area contributed by atoms with E-state index in [4.69, 9.17) is 4.84 Å². The second-order valence-electron chi connectivity index (χ2n) is 5.02. The van der Waals surface area contributed by atoms with E-state index in [-0.39, 0.29) is 5.88 Å². The molecule has 3 rings (SSSR count). The number of hydrogen-bond donors (Lipinski definition) is 1. The molecule has 0 saturated heterocycles. The highest BCUT2D eigenvalue weighted by Crippen LogP contribution is 2.27. The highest BCUT2D eigenvalue weighted by molar-refractivity contribution is 6.14. The van der Waals surface area contributed by atoms with E-state index in [9.17, 15) is 5.11 Å². The van der Waals surface area contributed by atoms with Crippen LogP contribution in [0.2, 0.25) is 0 Å². The summed E-state index contributed by atoms with van der Waals surface area (Å²) < 4.78 is 1.50. The van der Waals surface area contributed by atoms with Crippen LogP contribution >= 0.6 is 0 Å². The normalized spacial score (nSPS) is 11.5. The van der Waals surface area contributed by atoms with Gasteiger partial charge in [0.15, 0.2) is 0 Å². The summed E-state index contributed by atoms with van der Waals surface area (Å²) in [6.45, 7) is 1.84. The zero-order valence-electron chi connectivity index (χ0n) is 13.0. The van der Waals surface area contributed by atoms with Gasteiger partial charge in [0.05, 0.1) is 16.9 Å². The number of benzene rings is 2. The van der Waals surface area contributed by atoms with Crippen molar-refractivity contribution in [1.82, 2.24) is 9.78 Å². The van der Waals surface area contributed by atoms with Crippen molar-refractivity contribution in [2.45, 2.75) is 6.92 Å². The minimum absolute atomic E-state index is 0.0355. The molecule has 0 saturated carbocycles. The van der Waals surface area contributed by atoms with Crippen molar-refractivity contribution in [3.05, 3.63) is 77.5 Å². The van der Waals surface area contributed by atoms with Gasteiger partial charge in [0, 0.05) is 5.56 Å². The van der Waals surface area contributed by atoms with E-state index < -0.39 is 0 Å². The van der Waals surface area contributed by atoms with Crippen LogP contribution in [0.15, 0.2) is 65.8 Å². The lowest BCUT2D eigenvalue weighted by atomic mass is 10.0. The summed E-state index contributed by atoms with van der Waals surface area (Å²) in [5, 5.41) is 19.2. The molecule has 0 amide bonds. The Labute approximate surface area is 134 Å². The number of rotatable bonds is 4. The van der Waals surface area contributed by atoms with E-state index in [0.717, 1.165) is 11.3 Å². The molecule has 1 aromatic heterocycles. The minimum Gasteiger partial charge on any atom is -0.493 e. The first-order chi connectivity index (χ1) is 11.2.